The number of rotatable bonds is 0. The highest BCUT2D eigenvalue weighted by Crippen LogP contribution is 2.33. The Morgan fingerprint density at radius 1 is 1.18 bits per heavy atom. The van der Waals surface area contributed by atoms with E-state index in [-0.39, 0.29) is 6.10 Å². The Kier molecular flexibility index (Phi) is 4.81. The van der Waals surface area contributed by atoms with Crippen molar-refractivity contribution in [3.63, 3.8) is 0 Å². The Hall–Kier alpha value is -2.86. The summed E-state index contributed by atoms with van der Waals surface area (Å²) < 4.78 is 8.13. The zero-order chi connectivity index (χ0) is 19.8. The van der Waals surface area contributed by atoms with Crippen LogP contribution in [0.4, 0.5) is 0 Å². The fourth-order valence-electron chi connectivity index (χ4n) is 3.70. The Morgan fingerprint density at radius 2 is 2.00 bits per heavy atom. The van der Waals surface area contributed by atoms with Gasteiger partial charge in [0.1, 0.15) is 6.10 Å². The molecule has 0 amide bonds. The number of H-pyrrole nitrogens is 1. The third kappa shape index (κ3) is 3.47. The Morgan fingerprint density at radius 3 is 2.82 bits per heavy atom. The molecule has 0 aliphatic carbocycles. The van der Waals surface area contributed by atoms with Crippen LogP contribution >= 0.6 is 0 Å². The normalized spacial score (nSPS) is 22.5. The molecule has 2 bridgehead atoms. The van der Waals surface area contributed by atoms with E-state index in [4.69, 9.17) is 4.74 Å². The molecule has 1 N–H and O–H groups in total. The summed E-state index contributed by atoms with van der Waals surface area (Å²) in [5.41, 5.74) is 6.62. The molecule has 0 saturated carbocycles. The van der Waals surface area contributed by atoms with Crippen molar-refractivity contribution in [2.24, 2.45) is 7.05 Å². The molecule has 4 rings (SSSR count). The molecule has 1 aliphatic heterocycles. The van der Waals surface area contributed by atoms with Crippen LogP contribution in [0.1, 0.15) is 26.5 Å². The van der Waals surface area contributed by atoms with Gasteiger partial charge in [0.25, 0.3) is 0 Å². The van der Waals surface area contributed by atoms with Gasteiger partial charge in [0, 0.05) is 25.5 Å². The summed E-state index contributed by atoms with van der Waals surface area (Å²) in [5.74, 6) is 0.791. The summed E-state index contributed by atoms with van der Waals surface area (Å²) in [6.45, 7) is 8.17. The maximum Gasteiger partial charge on any atom is 0.219 e. The number of hydrogen-bond acceptors (Lipinski definition) is 4. The largest absolute Gasteiger partial charge is 0.473 e. The molecule has 1 atom stereocenters. The van der Waals surface area contributed by atoms with Gasteiger partial charge in [-0.2, -0.15) is 10.2 Å². The van der Waals surface area contributed by atoms with Gasteiger partial charge in [0.2, 0.25) is 5.88 Å². The third-order valence-electron chi connectivity index (χ3n) is 5.34. The van der Waals surface area contributed by atoms with Gasteiger partial charge in [-0.15, -0.1) is 0 Å². The first kappa shape index (κ1) is 18.5. The summed E-state index contributed by atoms with van der Waals surface area (Å²) in [6.07, 6.45) is 6.16. The van der Waals surface area contributed by atoms with Gasteiger partial charge >= 0.3 is 0 Å². The van der Waals surface area contributed by atoms with E-state index in [1.807, 2.05) is 13.2 Å². The second kappa shape index (κ2) is 7.28. The number of nitrogens with zero attached hydrogens (tertiary/aromatic N) is 4. The Bertz CT molecular complexity index is 1070. The average Bonchev–Trinajstić information content (AvgIpc) is 3.22. The van der Waals surface area contributed by atoms with Crippen LogP contribution in [0, 0.1) is 0 Å². The molecule has 3 aromatic rings. The minimum absolute atomic E-state index is 0.0427. The van der Waals surface area contributed by atoms with Crippen molar-refractivity contribution in [3.05, 3.63) is 47.3 Å². The van der Waals surface area contributed by atoms with Crippen LogP contribution in [-0.4, -0.2) is 51.1 Å². The molecule has 3 heterocycles. The summed E-state index contributed by atoms with van der Waals surface area (Å²) in [7, 11) is 4.05. The van der Waals surface area contributed by atoms with Crippen molar-refractivity contribution >= 4 is 17.0 Å². The van der Waals surface area contributed by atoms with Crippen molar-refractivity contribution in [3.8, 4) is 17.0 Å². The number of hydrogen-bond donors (Lipinski definition) is 1. The zero-order valence-electron chi connectivity index (χ0n) is 17.2. The average molecular weight is 377 g/mol. The van der Waals surface area contributed by atoms with E-state index in [0.29, 0.717) is 0 Å². The first-order valence-electron chi connectivity index (χ1n) is 9.62. The lowest BCUT2D eigenvalue weighted by molar-refractivity contribution is 0.156. The molecule has 1 aromatic carbocycles. The molecule has 1 aliphatic rings. The second-order valence-corrected chi connectivity index (χ2v) is 7.78. The van der Waals surface area contributed by atoms with E-state index in [9.17, 15) is 0 Å². The second-order valence-electron chi connectivity index (χ2n) is 7.78. The number of nitrogens with one attached hydrogen (secondary N) is 1. The predicted octanol–water partition coefficient (Wildman–Crippen LogP) is 4.03. The molecule has 6 nitrogen and oxygen atoms in total. The monoisotopic (exact) mass is 377 g/mol. The maximum atomic E-state index is 6.33. The quantitative estimate of drug-likeness (QED) is 0.643. The Labute approximate surface area is 165 Å². The summed E-state index contributed by atoms with van der Waals surface area (Å²) in [4.78, 5) is 2.29. The molecule has 146 valence electrons. The van der Waals surface area contributed by atoms with Crippen molar-refractivity contribution in [2.75, 3.05) is 20.1 Å². The molecule has 0 fully saturated rings. The van der Waals surface area contributed by atoms with Gasteiger partial charge in [0.05, 0.1) is 23.0 Å². The number of fused-ring (bicyclic) bond motifs is 3. The molecule has 28 heavy (non-hydrogen) atoms. The van der Waals surface area contributed by atoms with Gasteiger partial charge in [-0.1, -0.05) is 23.3 Å². The Balaban J connectivity index is 1.88. The first-order chi connectivity index (χ1) is 13.4. The van der Waals surface area contributed by atoms with Gasteiger partial charge in [-0.05, 0) is 51.6 Å². The highest BCUT2D eigenvalue weighted by atomic mass is 16.5. The van der Waals surface area contributed by atoms with Gasteiger partial charge < -0.3 is 4.74 Å². The summed E-state index contributed by atoms with van der Waals surface area (Å²) in [6, 6.07) is 6.31. The van der Waals surface area contributed by atoms with Crippen molar-refractivity contribution < 1.29 is 4.74 Å². The van der Waals surface area contributed by atoms with E-state index in [1.165, 1.54) is 11.1 Å². The van der Waals surface area contributed by atoms with Crippen LogP contribution in [0.3, 0.4) is 0 Å². The summed E-state index contributed by atoms with van der Waals surface area (Å²) >= 11 is 0. The van der Waals surface area contributed by atoms with E-state index >= 15 is 0 Å². The summed E-state index contributed by atoms with van der Waals surface area (Å²) in [5, 5.41) is 13.2. The SMILES string of the molecule is CC1=C(\C)CN(C)CC(C)Oc2c(cnn2C)-c2ccc3[nH]nc(c3c2)\C=C\1. The van der Waals surface area contributed by atoms with Crippen molar-refractivity contribution in [1.29, 1.82) is 0 Å². The molecular weight excluding hydrogens is 350 g/mol. The van der Waals surface area contributed by atoms with Crippen LogP contribution in [0.5, 0.6) is 5.88 Å². The minimum Gasteiger partial charge on any atom is -0.473 e. The fraction of sp³-hybridized carbons (Fsp3) is 0.364. The van der Waals surface area contributed by atoms with Crippen LogP contribution in [-0.2, 0) is 7.05 Å². The van der Waals surface area contributed by atoms with E-state index in [0.717, 1.165) is 46.7 Å². The number of ether oxygens (including phenoxy) is 1. The molecule has 0 radical (unpaired) electrons. The number of allylic oxidation sites excluding steroid dienone is 2. The number of aromatic nitrogens is 4. The number of aryl methyl sites for hydroxylation is 1. The molecule has 0 spiro atoms. The fourth-order valence-corrected chi connectivity index (χ4v) is 3.70. The maximum absolute atomic E-state index is 6.33. The molecular formula is C22H27N5O. The number of benzene rings is 1. The van der Waals surface area contributed by atoms with E-state index in [2.05, 4.69) is 78.4 Å². The van der Waals surface area contributed by atoms with Gasteiger partial charge in [0.15, 0.2) is 0 Å². The van der Waals surface area contributed by atoms with Crippen LogP contribution in [0.25, 0.3) is 28.1 Å². The molecule has 6 heteroatoms. The zero-order valence-corrected chi connectivity index (χ0v) is 17.2. The minimum atomic E-state index is 0.0427. The standard InChI is InChI=1S/C22H27N5O/c1-14-6-8-20-18-10-17(7-9-21(18)25-24-20)19-11-23-27(5)22(19)28-16(3)13-26(4)12-15(14)2/h6-11,16H,12-13H2,1-5H3,(H,24,25)/b8-6+,15-14-. The van der Waals surface area contributed by atoms with Crippen LogP contribution in [0.15, 0.2) is 41.6 Å². The molecule has 0 saturated heterocycles. The third-order valence-corrected chi connectivity index (χ3v) is 5.34. The van der Waals surface area contributed by atoms with Crippen LogP contribution < -0.4 is 4.74 Å². The highest BCUT2D eigenvalue weighted by Gasteiger charge is 2.18. The van der Waals surface area contributed by atoms with Crippen LogP contribution in [0.2, 0.25) is 0 Å². The smallest absolute Gasteiger partial charge is 0.219 e. The van der Waals surface area contributed by atoms with E-state index in [1.54, 1.807) is 4.68 Å². The lowest BCUT2D eigenvalue weighted by atomic mass is 10.0. The lowest BCUT2D eigenvalue weighted by Crippen LogP contribution is -2.32. The van der Waals surface area contributed by atoms with Gasteiger partial charge in [-0.25, -0.2) is 4.68 Å². The lowest BCUT2D eigenvalue weighted by Gasteiger charge is -2.23. The first-order valence-corrected chi connectivity index (χ1v) is 9.62. The topological polar surface area (TPSA) is 59.0 Å². The van der Waals surface area contributed by atoms with Crippen molar-refractivity contribution in [1.82, 2.24) is 24.9 Å². The highest BCUT2D eigenvalue weighted by molar-refractivity contribution is 5.91. The van der Waals surface area contributed by atoms with Gasteiger partial charge in [-0.3, -0.25) is 10.00 Å². The predicted molar refractivity (Wildman–Crippen MR) is 113 cm³/mol. The van der Waals surface area contributed by atoms with E-state index < -0.39 is 0 Å². The number of aromatic amines is 1. The number of likely N-dealkylation sites (N-methyl/N-ethyl adjacent to an activating group) is 1. The van der Waals surface area contributed by atoms with Crippen molar-refractivity contribution in [2.45, 2.75) is 26.9 Å². The molecule has 2 aromatic heterocycles. The molecule has 1 unspecified atom stereocenters.